The van der Waals surface area contributed by atoms with Crippen LogP contribution >= 0.6 is 11.8 Å². The molecule has 0 spiro atoms. The van der Waals surface area contributed by atoms with Gasteiger partial charge in [-0.15, -0.1) is 11.8 Å². The van der Waals surface area contributed by atoms with Crippen LogP contribution < -0.4 is 5.32 Å². The summed E-state index contributed by atoms with van der Waals surface area (Å²) in [6.07, 6.45) is 9.97. The molecule has 1 N–H and O–H groups in total. The largest absolute Gasteiger partial charge is 0.466 e. The van der Waals surface area contributed by atoms with Gasteiger partial charge in [0.15, 0.2) is 0 Å². The van der Waals surface area contributed by atoms with E-state index >= 15 is 0 Å². The minimum Gasteiger partial charge on any atom is -0.466 e. The van der Waals surface area contributed by atoms with Crippen molar-refractivity contribution in [1.82, 2.24) is 5.32 Å². The summed E-state index contributed by atoms with van der Waals surface area (Å²) in [7, 11) is 0. The van der Waals surface area contributed by atoms with Crippen LogP contribution in [0.4, 0.5) is 0 Å². The zero-order chi connectivity index (χ0) is 18.4. The van der Waals surface area contributed by atoms with Crippen LogP contribution in [0.15, 0.2) is 47.1 Å². The fourth-order valence-electron chi connectivity index (χ4n) is 6.14. The Morgan fingerprint density at radius 1 is 1.07 bits per heavy atom. The van der Waals surface area contributed by atoms with Gasteiger partial charge in [0.1, 0.15) is 11.1 Å². The average molecular weight is 382 g/mol. The highest BCUT2D eigenvalue weighted by molar-refractivity contribution is 8.00. The van der Waals surface area contributed by atoms with Gasteiger partial charge in [0.05, 0.1) is 6.26 Å². The number of nitrogens with one attached hydrogen (secondary N) is 1. The average Bonchev–Trinajstić information content (AvgIpc) is 3.10. The van der Waals surface area contributed by atoms with Gasteiger partial charge in [-0.05, 0) is 67.9 Å². The molecule has 1 amide bonds. The van der Waals surface area contributed by atoms with E-state index in [9.17, 15) is 4.79 Å². The highest BCUT2D eigenvalue weighted by Crippen LogP contribution is 2.62. The van der Waals surface area contributed by atoms with Crippen molar-refractivity contribution in [1.29, 1.82) is 0 Å². The van der Waals surface area contributed by atoms with E-state index in [4.69, 9.17) is 4.42 Å². The molecule has 1 heterocycles. The summed E-state index contributed by atoms with van der Waals surface area (Å²) < 4.78 is 6.27. The molecule has 2 aromatic rings. The molecule has 4 saturated carbocycles. The lowest BCUT2D eigenvalue weighted by atomic mass is 9.56. The van der Waals surface area contributed by atoms with Crippen molar-refractivity contribution >= 4 is 17.7 Å². The van der Waals surface area contributed by atoms with Crippen molar-refractivity contribution in [2.45, 2.75) is 55.6 Å². The summed E-state index contributed by atoms with van der Waals surface area (Å²) in [6.45, 7) is 1.61. The molecule has 4 aliphatic carbocycles. The number of benzene rings is 1. The molecule has 1 aromatic heterocycles. The zero-order valence-electron chi connectivity index (χ0n) is 15.8. The maximum Gasteiger partial charge on any atom is 0.218 e. The molecule has 0 radical (unpaired) electrons. The summed E-state index contributed by atoms with van der Waals surface area (Å²) in [4.78, 5) is 12.0. The Morgan fingerprint density at radius 2 is 1.70 bits per heavy atom. The van der Waals surface area contributed by atoms with Gasteiger partial charge < -0.3 is 9.73 Å². The highest BCUT2D eigenvalue weighted by atomic mass is 32.2. The Morgan fingerprint density at radius 3 is 2.30 bits per heavy atom. The molecule has 1 aromatic carbocycles. The molecule has 4 heteroatoms. The minimum atomic E-state index is -0.121. The first-order valence-corrected chi connectivity index (χ1v) is 11.1. The van der Waals surface area contributed by atoms with Gasteiger partial charge in [-0.2, -0.15) is 0 Å². The van der Waals surface area contributed by atoms with E-state index in [1.807, 2.05) is 36.0 Å². The van der Waals surface area contributed by atoms with Crippen LogP contribution in [0.5, 0.6) is 0 Å². The first-order valence-electron chi connectivity index (χ1n) is 10.2. The summed E-state index contributed by atoms with van der Waals surface area (Å²) in [5.74, 6) is 3.58. The molecule has 27 heavy (non-hydrogen) atoms. The van der Waals surface area contributed by atoms with Crippen LogP contribution in [0, 0.1) is 17.8 Å². The van der Waals surface area contributed by atoms with Crippen molar-refractivity contribution in [3.05, 3.63) is 48.4 Å². The van der Waals surface area contributed by atoms with Gasteiger partial charge in [-0.3, -0.25) is 4.79 Å². The van der Waals surface area contributed by atoms with Gasteiger partial charge in [-0.25, -0.2) is 0 Å². The molecule has 1 atom stereocenters. The van der Waals surface area contributed by atoms with Crippen LogP contribution in [0.2, 0.25) is 0 Å². The fraction of sp³-hybridized carbons (Fsp3) is 0.522. The lowest BCUT2D eigenvalue weighted by Gasteiger charge is -2.57. The number of carbonyl (C=O) groups excluding carboxylic acids is 1. The number of hydrogen-bond acceptors (Lipinski definition) is 3. The van der Waals surface area contributed by atoms with E-state index in [1.165, 1.54) is 38.5 Å². The summed E-state index contributed by atoms with van der Waals surface area (Å²) >= 11 is 1.97. The predicted octanol–water partition coefficient (Wildman–Crippen LogP) is 5.78. The van der Waals surface area contributed by atoms with Crippen LogP contribution in [-0.4, -0.2) is 10.7 Å². The standard InChI is InChI=1S/C23H27NO2S/c1-15(25)24-22(21-20(7-8-26-21)19-5-3-2-4-6-19)27-23-12-16-9-17(13-23)11-18(10-16)14-23/h2-8,16-18,22H,9-14H2,1H3,(H,24,25). The van der Waals surface area contributed by atoms with E-state index in [1.54, 1.807) is 13.2 Å². The lowest BCUT2D eigenvalue weighted by molar-refractivity contribution is -0.119. The van der Waals surface area contributed by atoms with E-state index < -0.39 is 0 Å². The van der Waals surface area contributed by atoms with Gasteiger partial charge in [0.25, 0.3) is 0 Å². The number of carbonyl (C=O) groups is 1. The molecular formula is C23H27NO2S. The molecule has 0 saturated heterocycles. The van der Waals surface area contributed by atoms with Crippen LogP contribution in [0.3, 0.4) is 0 Å². The highest BCUT2D eigenvalue weighted by Gasteiger charge is 2.52. The first-order chi connectivity index (χ1) is 13.1. The number of hydrogen-bond donors (Lipinski definition) is 1. The number of rotatable bonds is 5. The van der Waals surface area contributed by atoms with E-state index in [2.05, 4.69) is 17.4 Å². The number of thioether (sulfide) groups is 1. The van der Waals surface area contributed by atoms with Gasteiger partial charge in [0, 0.05) is 17.2 Å². The molecule has 6 rings (SSSR count). The van der Waals surface area contributed by atoms with Crippen molar-refractivity contribution in [3.8, 4) is 11.1 Å². The van der Waals surface area contributed by atoms with E-state index in [0.717, 1.165) is 34.6 Å². The molecule has 3 nitrogen and oxygen atoms in total. The second kappa shape index (κ2) is 6.73. The van der Waals surface area contributed by atoms with Crippen molar-refractivity contribution < 1.29 is 9.21 Å². The van der Waals surface area contributed by atoms with Gasteiger partial charge in [0.2, 0.25) is 5.91 Å². The third-order valence-electron chi connectivity index (χ3n) is 6.70. The molecule has 4 bridgehead atoms. The minimum absolute atomic E-state index is 0.00707. The third-order valence-corrected chi connectivity index (χ3v) is 8.27. The Labute approximate surface area is 165 Å². The number of amides is 1. The van der Waals surface area contributed by atoms with Crippen LogP contribution in [0.1, 0.15) is 56.6 Å². The van der Waals surface area contributed by atoms with Crippen LogP contribution in [-0.2, 0) is 4.79 Å². The van der Waals surface area contributed by atoms with Gasteiger partial charge in [-0.1, -0.05) is 30.3 Å². The Kier molecular flexibility index (Phi) is 4.34. The summed E-state index contributed by atoms with van der Waals surface area (Å²) in [5, 5.41) is 3.08. The van der Waals surface area contributed by atoms with E-state index in [-0.39, 0.29) is 11.3 Å². The van der Waals surface area contributed by atoms with Crippen molar-refractivity contribution in [3.63, 3.8) is 0 Å². The molecular weight excluding hydrogens is 354 g/mol. The second-order valence-electron chi connectivity index (χ2n) is 8.86. The maximum atomic E-state index is 12.0. The summed E-state index contributed by atoms with van der Waals surface area (Å²) in [5.41, 5.74) is 2.23. The predicted molar refractivity (Wildman–Crippen MR) is 109 cm³/mol. The monoisotopic (exact) mass is 381 g/mol. The third kappa shape index (κ3) is 3.33. The maximum absolute atomic E-state index is 12.0. The van der Waals surface area contributed by atoms with E-state index in [0.29, 0.717) is 4.75 Å². The molecule has 142 valence electrons. The first kappa shape index (κ1) is 17.4. The Hall–Kier alpha value is -1.68. The molecule has 0 aliphatic heterocycles. The molecule has 4 aliphatic rings. The molecule has 1 unspecified atom stereocenters. The quantitative estimate of drug-likeness (QED) is 0.667. The normalized spacial score (nSPS) is 32.4. The van der Waals surface area contributed by atoms with Crippen molar-refractivity contribution in [2.75, 3.05) is 0 Å². The second-order valence-corrected chi connectivity index (χ2v) is 10.4. The summed E-state index contributed by atoms with van der Waals surface area (Å²) in [6, 6.07) is 12.4. The lowest BCUT2D eigenvalue weighted by Crippen LogP contribution is -2.49. The smallest absolute Gasteiger partial charge is 0.218 e. The SMILES string of the molecule is CC(=O)NC(SC12CC3CC(CC(C3)C1)C2)c1occc1-c1ccccc1. The fourth-order valence-corrected chi connectivity index (χ4v) is 8.15. The van der Waals surface area contributed by atoms with Crippen LogP contribution in [0.25, 0.3) is 11.1 Å². The Bertz CT molecular complexity index is 793. The van der Waals surface area contributed by atoms with Crippen molar-refractivity contribution in [2.24, 2.45) is 17.8 Å². The van der Waals surface area contributed by atoms with Gasteiger partial charge >= 0.3 is 0 Å². The Balaban J connectivity index is 1.46. The topological polar surface area (TPSA) is 42.2 Å². The number of furan rings is 1. The zero-order valence-corrected chi connectivity index (χ0v) is 16.6. The molecule has 4 fully saturated rings.